The highest BCUT2D eigenvalue weighted by Crippen LogP contribution is 2.23. The number of carboxylic acids is 1. The van der Waals surface area contributed by atoms with Gasteiger partial charge in [-0.05, 0) is 18.1 Å². The van der Waals surface area contributed by atoms with Crippen molar-refractivity contribution in [3.05, 3.63) is 35.4 Å². The third kappa shape index (κ3) is 3.34. The summed E-state index contributed by atoms with van der Waals surface area (Å²) in [5.74, 6) is 1.48. The number of carboxylic acid groups (broad SMARTS) is 1. The van der Waals surface area contributed by atoms with Crippen LogP contribution in [0.1, 0.15) is 24.5 Å². The SMILES string of the molecule is C#CCC(C)NC(=O)N1Cc2ccccc2CC1C(=O)O. The molecule has 0 aliphatic carbocycles. The van der Waals surface area contributed by atoms with Crippen molar-refractivity contribution in [1.29, 1.82) is 0 Å². The molecule has 1 aromatic rings. The van der Waals surface area contributed by atoms with E-state index in [9.17, 15) is 14.7 Å². The van der Waals surface area contributed by atoms with Crippen molar-refractivity contribution < 1.29 is 14.7 Å². The number of urea groups is 1. The Bertz CT molecular complexity index is 591. The van der Waals surface area contributed by atoms with Crippen molar-refractivity contribution in [3.63, 3.8) is 0 Å². The summed E-state index contributed by atoms with van der Waals surface area (Å²) in [5, 5.41) is 12.1. The Hall–Kier alpha value is -2.48. The molecule has 110 valence electrons. The first kappa shape index (κ1) is 14.9. The molecule has 2 atom stereocenters. The van der Waals surface area contributed by atoms with Crippen LogP contribution in [0.5, 0.6) is 0 Å². The van der Waals surface area contributed by atoms with E-state index in [0.29, 0.717) is 19.4 Å². The monoisotopic (exact) mass is 286 g/mol. The van der Waals surface area contributed by atoms with Crippen LogP contribution >= 0.6 is 0 Å². The number of fused-ring (bicyclic) bond motifs is 1. The normalized spacial score (nSPS) is 18.3. The summed E-state index contributed by atoms with van der Waals surface area (Å²) in [4.78, 5) is 25.1. The summed E-state index contributed by atoms with van der Waals surface area (Å²) in [5.41, 5.74) is 1.96. The van der Waals surface area contributed by atoms with Crippen LogP contribution in [-0.2, 0) is 17.8 Å². The fourth-order valence-corrected chi connectivity index (χ4v) is 2.48. The molecule has 1 heterocycles. The molecular weight excluding hydrogens is 268 g/mol. The average Bonchev–Trinajstić information content (AvgIpc) is 2.45. The van der Waals surface area contributed by atoms with Gasteiger partial charge in [0.25, 0.3) is 0 Å². The second-order valence-electron chi connectivity index (χ2n) is 5.21. The number of nitrogens with zero attached hydrogens (tertiary/aromatic N) is 1. The van der Waals surface area contributed by atoms with Crippen LogP contribution in [0.4, 0.5) is 4.79 Å². The zero-order valence-corrected chi connectivity index (χ0v) is 11.9. The van der Waals surface area contributed by atoms with Crippen molar-refractivity contribution >= 4 is 12.0 Å². The lowest BCUT2D eigenvalue weighted by Gasteiger charge is -2.35. The van der Waals surface area contributed by atoms with Gasteiger partial charge in [0, 0.05) is 25.4 Å². The maximum atomic E-state index is 12.3. The minimum absolute atomic E-state index is 0.186. The fourth-order valence-electron chi connectivity index (χ4n) is 2.48. The van der Waals surface area contributed by atoms with Crippen molar-refractivity contribution in [3.8, 4) is 12.3 Å². The van der Waals surface area contributed by atoms with Crippen LogP contribution in [0.15, 0.2) is 24.3 Å². The summed E-state index contributed by atoms with van der Waals surface area (Å²) in [6.45, 7) is 2.09. The second kappa shape index (κ2) is 6.31. The first-order valence-corrected chi connectivity index (χ1v) is 6.83. The van der Waals surface area contributed by atoms with Crippen LogP contribution in [0.3, 0.4) is 0 Å². The Labute approximate surface area is 124 Å². The molecule has 2 amide bonds. The number of nitrogens with one attached hydrogen (secondary N) is 1. The summed E-state index contributed by atoms with van der Waals surface area (Å²) in [6, 6.07) is 6.16. The van der Waals surface area contributed by atoms with E-state index in [0.717, 1.165) is 11.1 Å². The van der Waals surface area contributed by atoms with Crippen molar-refractivity contribution in [2.45, 2.75) is 38.4 Å². The number of amides is 2. The van der Waals surface area contributed by atoms with Gasteiger partial charge in [-0.3, -0.25) is 0 Å². The van der Waals surface area contributed by atoms with E-state index in [-0.39, 0.29) is 12.1 Å². The number of rotatable bonds is 3. The molecule has 0 bridgehead atoms. The summed E-state index contributed by atoms with van der Waals surface area (Å²) in [7, 11) is 0. The fraction of sp³-hybridized carbons (Fsp3) is 0.375. The number of hydrogen-bond acceptors (Lipinski definition) is 2. The molecule has 0 saturated carbocycles. The van der Waals surface area contributed by atoms with Gasteiger partial charge in [-0.2, -0.15) is 0 Å². The molecule has 5 heteroatoms. The molecule has 0 aromatic heterocycles. The van der Waals surface area contributed by atoms with Crippen LogP contribution in [0, 0.1) is 12.3 Å². The van der Waals surface area contributed by atoms with Crippen molar-refractivity contribution in [1.82, 2.24) is 10.2 Å². The van der Waals surface area contributed by atoms with Gasteiger partial charge in [-0.15, -0.1) is 12.3 Å². The number of aliphatic carboxylic acids is 1. The third-order valence-electron chi connectivity index (χ3n) is 3.59. The molecule has 2 N–H and O–H groups in total. The quantitative estimate of drug-likeness (QED) is 0.830. The Morgan fingerprint density at radius 2 is 2.14 bits per heavy atom. The van der Waals surface area contributed by atoms with Gasteiger partial charge in [0.15, 0.2) is 0 Å². The number of benzene rings is 1. The Balaban J connectivity index is 2.19. The molecular formula is C16H18N2O3. The van der Waals surface area contributed by atoms with E-state index in [1.807, 2.05) is 24.3 Å². The molecule has 5 nitrogen and oxygen atoms in total. The highest BCUT2D eigenvalue weighted by Gasteiger charge is 2.34. The molecule has 0 fully saturated rings. The second-order valence-corrected chi connectivity index (χ2v) is 5.21. The Morgan fingerprint density at radius 1 is 1.48 bits per heavy atom. The maximum Gasteiger partial charge on any atom is 0.326 e. The van der Waals surface area contributed by atoms with Crippen LogP contribution < -0.4 is 5.32 Å². The minimum Gasteiger partial charge on any atom is -0.480 e. The zero-order valence-electron chi connectivity index (χ0n) is 11.9. The van der Waals surface area contributed by atoms with Gasteiger partial charge in [0.1, 0.15) is 6.04 Å². The van der Waals surface area contributed by atoms with Gasteiger partial charge in [0.2, 0.25) is 0 Å². The summed E-state index contributed by atoms with van der Waals surface area (Å²) >= 11 is 0. The van der Waals surface area contributed by atoms with E-state index >= 15 is 0 Å². The van der Waals surface area contributed by atoms with Gasteiger partial charge in [0.05, 0.1) is 0 Å². The van der Waals surface area contributed by atoms with Gasteiger partial charge < -0.3 is 15.3 Å². The van der Waals surface area contributed by atoms with Gasteiger partial charge in [-0.25, -0.2) is 9.59 Å². The lowest BCUT2D eigenvalue weighted by atomic mass is 9.94. The molecule has 21 heavy (non-hydrogen) atoms. The van der Waals surface area contributed by atoms with Crippen LogP contribution in [0.2, 0.25) is 0 Å². The Kier molecular flexibility index (Phi) is 4.49. The standard InChI is InChI=1S/C16H18N2O3/c1-3-6-11(2)17-16(21)18-10-13-8-5-4-7-12(13)9-14(18)15(19)20/h1,4-5,7-8,11,14H,6,9-10H2,2H3,(H,17,21)(H,19,20). The maximum absolute atomic E-state index is 12.3. The lowest BCUT2D eigenvalue weighted by molar-refractivity contribution is -0.142. The first-order valence-electron chi connectivity index (χ1n) is 6.83. The van der Waals surface area contributed by atoms with Crippen LogP contribution in [0.25, 0.3) is 0 Å². The topological polar surface area (TPSA) is 69.6 Å². The number of carbonyl (C=O) groups excluding carboxylic acids is 1. The molecule has 0 radical (unpaired) electrons. The molecule has 0 spiro atoms. The first-order chi connectivity index (χ1) is 10.0. The molecule has 2 rings (SSSR count). The number of carbonyl (C=O) groups is 2. The zero-order chi connectivity index (χ0) is 15.4. The summed E-state index contributed by atoms with van der Waals surface area (Å²) in [6.07, 6.45) is 5.95. The lowest BCUT2D eigenvalue weighted by Crippen LogP contribution is -2.53. The predicted octanol–water partition coefficient (Wildman–Crippen LogP) is 1.62. The smallest absolute Gasteiger partial charge is 0.326 e. The van der Waals surface area contributed by atoms with E-state index < -0.39 is 12.0 Å². The van der Waals surface area contributed by atoms with E-state index in [2.05, 4.69) is 11.2 Å². The number of terminal acetylenes is 1. The van der Waals surface area contributed by atoms with E-state index in [1.54, 1.807) is 6.92 Å². The van der Waals surface area contributed by atoms with Crippen LogP contribution in [-0.4, -0.2) is 34.1 Å². The minimum atomic E-state index is -0.996. The van der Waals surface area contributed by atoms with Gasteiger partial charge in [-0.1, -0.05) is 24.3 Å². The Morgan fingerprint density at radius 3 is 2.76 bits per heavy atom. The molecule has 1 aliphatic heterocycles. The summed E-state index contributed by atoms with van der Waals surface area (Å²) < 4.78 is 0. The van der Waals surface area contributed by atoms with Gasteiger partial charge >= 0.3 is 12.0 Å². The predicted molar refractivity (Wildman–Crippen MR) is 78.6 cm³/mol. The molecule has 0 saturated heterocycles. The molecule has 1 aromatic carbocycles. The van der Waals surface area contributed by atoms with Crippen molar-refractivity contribution in [2.24, 2.45) is 0 Å². The van der Waals surface area contributed by atoms with E-state index in [4.69, 9.17) is 6.42 Å². The number of hydrogen-bond donors (Lipinski definition) is 2. The highest BCUT2D eigenvalue weighted by molar-refractivity contribution is 5.83. The average molecular weight is 286 g/mol. The molecule has 1 aliphatic rings. The van der Waals surface area contributed by atoms with E-state index in [1.165, 1.54) is 4.90 Å². The molecule has 2 unspecified atom stereocenters. The third-order valence-corrected chi connectivity index (χ3v) is 3.59. The van der Waals surface area contributed by atoms with Crippen molar-refractivity contribution in [2.75, 3.05) is 0 Å². The largest absolute Gasteiger partial charge is 0.480 e. The highest BCUT2D eigenvalue weighted by atomic mass is 16.4.